The van der Waals surface area contributed by atoms with Crippen LogP contribution in [0, 0.1) is 35.3 Å². The SMILES string of the molecule is CN(Cc1csc(N)n1)c1nc(Cl)nc(NNC(=O)[C@@H](CNC(=O)OC2CCCCO2)CC2CCCC2)c1F.CN(Cc1csc(N)n1)c1nc(Cl)nc(NNC(=O)[C@H](CC2CCCC2)CN(O)C=O)c1F. The maximum Gasteiger partial charge on any atom is 0.409 e. The highest BCUT2D eigenvalue weighted by Gasteiger charge is 2.30. The Kier molecular flexibility index (Phi) is 21.1. The first-order valence-electron chi connectivity index (χ1n) is 23.4. The Morgan fingerprint density at radius 1 is 0.778 bits per heavy atom. The molecule has 3 fully saturated rings. The predicted octanol–water partition coefficient (Wildman–Crippen LogP) is 6.27. The lowest BCUT2D eigenvalue weighted by atomic mass is 9.92. The third-order valence-corrected chi connectivity index (χ3v) is 14.0. The summed E-state index contributed by atoms with van der Waals surface area (Å²) in [4.78, 5) is 76.0. The highest BCUT2D eigenvalue weighted by molar-refractivity contribution is 7.13. The van der Waals surface area contributed by atoms with Crippen LogP contribution in [0.15, 0.2) is 10.8 Å². The molecule has 1 unspecified atom stereocenters. The lowest BCUT2D eigenvalue weighted by Crippen LogP contribution is -2.43. The van der Waals surface area contributed by atoms with Gasteiger partial charge < -0.3 is 36.1 Å². The zero-order chi connectivity index (χ0) is 51.7. The van der Waals surface area contributed by atoms with Gasteiger partial charge in [-0.1, -0.05) is 51.4 Å². The second kappa shape index (κ2) is 27.4. The van der Waals surface area contributed by atoms with E-state index in [0.717, 1.165) is 64.2 Å². The molecule has 5 heterocycles. The van der Waals surface area contributed by atoms with Crippen LogP contribution in [-0.4, -0.2) is 105 Å². The molecular formula is C43H60Cl2F2N16O7S2. The first kappa shape index (κ1) is 55.6. The second-order valence-corrected chi connectivity index (χ2v) is 20.2. The van der Waals surface area contributed by atoms with Gasteiger partial charge in [0, 0.05) is 37.8 Å². The maximum absolute atomic E-state index is 15.3. The number of amides is 4. The molecule has 7 rings (SSSR count). The number of hydrogen-bond donors (Lipinski definition) is 8. The van der Waals surface area contributed by atoms with Crippen LogP contribution in [0.4, 0.5) is 47.1 Å². The van der Waals surface area contributed by atoms with E-state index in [1.807, 2.05) is 0 Å². The first-order valence-corrected chi connectivity index (χ1v) is 25.9. The number of nitrogens with one attached hydrogen (secondary N) is 5. The van der Waals surface area contributed by atoms with E-state index in [9.17, 15) is 24.4 Å². The fraction of sp³-hybridized carbons (Fsp3) is 0.581. The van der Waals surface area contributed by atoms with Crippen LogP contribution < -0.4 is 48.3 Å². The molecule has 29 heteroatoms. The average molecular weight is 1090 g/mol. The molecule has 1 saturated heterocycles. The number of halogens is 4. The summed E-state index contributed by atoms with van der Waals surface area (Å²) in [5.41, 5.74) is 22.5. The van der Waals surface area contributed by atoms with Crippen LogP contribution in [0.3, 0.4) is 0 Å². The van der Waals surface area contributed by atoms with Crippen molar-refractivity contribution in [2.24, 2.45) is 23.7 Å². The van der Waals surface area contributed by atoms with Gasteiger partial charge in [0.2, 0.25) is 46.7 Å². The molecule has 0 aromatic carbocycles. The molecule has 4 amide bonds. The molecule has 0 spiro atoms. The number of nitrogen functional groups attached to an aromatic ring is 2. The smallest absolute Gasteiger partial charge is 0.409 e. The van der Waals surface area contributed by atoms with E-state index in [2.05, 4.69) is 56.9 Å². The largest absolute Gasteiger partial charge is 0.420 e. The van der Waals surface area contributed by atoms with Gasteiger partial charge in [-0.2, -0.15) is 28.7 Å². The standard InChI is InChI=1S/C24H34ClFN8O4S.C19H26ClFN8O3S/c1-34(12-16-13-39-23(27)29-16)20-18(26)19(30-22(25)31-20)32-33-21(35)15(10-14-6-2-3-7-14)11-28-24(36)38-17-8-4-5-9-37-17;1-28(8-13-9-33-19(22)23-13)16-14(21)15(24-18(20)25-16)26-27-17(31)12(7-29(32)10-30)6-11-4-2-3-5-11/h13-15,17H,2-12H2,1H3,(H2,27,29)(H,28,36)(H,33,35)(H,30,31,32);9-12,32H,2-8H2,1H3,(H2,22,23)(H,27,31)(H,24,25,26)/t15-,17?;12-/m11/s1. The van der Waals surface area contributed by atoms with Crippen LogP contribution in [-0.2, 0) is 36.9 Å². The van der Waals surface area contributed by atoms with Crippen molar-refractivity contribution >= 4 is 104 Å². The van der Waals surface area contributed by atoms with E-state index in [1.165, 1.54) is 32.5 Å². The first-order chi connectivity index (χ1) is 34.5. The van der Waals surface area contributed by atoms with Gasteiger partial charge in [-0.05, 0) is 60.7 Å². The van der Waals surface area contributed by atoms with E-state index in [1.54, 1.807) is 24.9 Å². The van der Waals surface area contributed by atoms with E-state index in [-0.39, 0.29) is 66.4 Å². The quantitative estimate of drug-likeness (QED) is 0.0186. The molecule has 23 nitrogen and oxygen atoms in total. The van der Waals surface area contributed by atoms with E-state index >= 15 is 8.78 Å². The van der Waals surface area contributed by atoms with Gasteiger partial charge in [0.1, 0.15) is 0 Å². The third kappa shape index (κ3) is 16.9. The van der Waals surface area contributed by atoms with Gasteiger partial charge in [0.05, 0.1) is 49.5 Å². The molecule has 2 aliphatic carbocycles. The monoisotopic (exact) mass is 1080 g/mol. The maximum atomic E-state index is 15.3. The van der Waals surface area contributed by atoms with Gasteiger partial charge in [-0.3, -0.25) is 41.3 Å². The Bertz CT molecular complexity index is 2430. The van der Waals surface area contributed by atoms with Crippen molar-refractivity contribution in [3.05, 3.63) is 44.3 Å². The number of carbonyl (C=O) groups excluding carboxylic acids is 4. The number of alkyl carbamates (subject to hydrolysis) is 1. The molecule has 3 aliphatic rings. The summed E-state index contributed by atoms with van der Waals surface area (Å²) in [6.45, 7) is 0.904. The van der Waals surface area contributed by atoms with E-state index in [4.69, 9.17) is 44.1 Å². The summed E-state index contributed by atoms with van der Waals surface area (Å²) in [5.74, 6) is -3.89. The number of rotatable bonds is 22. The van der Waals surface area contributed by atoms with Crippen LogP contribution in [0.2, 0.25) is 10.6 Å². The molecule has 394 valence electrons. The minimum atomic E-state index is -0.825. The molecular weight excluding hydrogens is 1030 g/mol. The highest BCUT2D eigenvalue weighted by atomic mass is 35.5. The lowest BCUT2D eigenvalue weighted by Gasteiger charge is -2.24. The van der Waals surface area contributed by atoms with Gasteiger partial charge in [0.25, 0.3) is 0 Å². The van der Waals surface area contributed by atoms with Crippen LogP contribution in [0.25, 0.3) is 0 Å². The molecule has 3 atom stereocenters. The number of hydrogen-bond acceptors (Lipinski definition) is 21. The summed E-state index contributed by atoms with van der Waals surface area (Å²) in [7, 11) is 3.23. The summed E-state index contributed by atoms with van der Waals surface area (Å²) < 4.78 is 41.1. The van der Waals surface area contributed by atoms with Crippen molar-refractivity contribution in [1.29, 1.82) is 0 Å². The number of hydrazine groups is 2. The van der Waals surface area contributed by atoms with E-state index in [0.29, 0.717) is 64.4 Å². The van der Waals surface area contributed by atoms with Gasteiger partial charge in [-0.25, -0.2) is 19.8 Å². The fourth-order valence-electron chi connectivity index (χ4n) is 8.65. The summed E-state index contributed by atoms with van der Waals surface area (Å²) in [6.07, 6.45) is 11.0. The Morgan fingerprint density at radius 3 is 1.69 bits per heavy atom. The van der Waals surface area contributed by atoms with Crippen molar-refractivity contribution in [3.8, 4) is 0 Å². The number of thiazole rings is 2. The van der Waals surface area contributed by atoms with Crippen LogP contribution in [0.1, 0.15) is 94.9 Å². The number of ether oxygens (including phenoxy) is 2. The van der Waals surface area contributed by atoms with Crippen molar-refractivity contribution < 1.29 is 42.6 Å². The van der Waals surface area contributed by atoms with Gasteiger partial charge >= 0.3 is 6.09 Å². The molecule has 72 heavy (non-hydrogen) atoms. The topological polar surface area (TPSA) is 306 Å². The number of carbonyl (C=O) groups is 4. The van der Waals surface area contributed by atoms with E-state index < -0.39 is 47.7 Å². The molecule has 0 bridgehead atoms. The Hall–Kier alpha value is -5.74. The molecule has 10 N–H and O–H groups in total. The number of anilines is 6. The molecule has 4 aromatic rings. The van der Waals surface area contributed by atoms with Crippen LogP contribution in [0.5, 0.6) is 0 Å². The van der Waals surface area contributed by atoms with Crippen molar-refractivity contribution in [3.63, 3.8) is 0 Å². The number of nitrogens with two attached hydrogens (primary N) is 2. The fourth-order valence-corrected chi connectivity index (χ4v) is 10.1. The van der Waals surface area contributed by atoms with Crippen molar-refractivity contribution in [2.75, 3.05) is 65.9 Å². The number of nitrogens with zero attached hydrogens (tertiary/aromatic N) is 9. The Labute approximate surface area is 432 Å². The second-order valence-electron chi connectivity index (χ2n) is 17.7. The van der Waals surface area contributed by atoms with Crippen molar-refractivity contribution in [2.45, 2.75) is 103 Å². The minimum absolute atomic E-state index is 0.0628. The van der Waals surface area contributed by atoms with Crippen molar-refractivity contribution in [1.82, 2.24) is 51.1 Å². The third-order valence-electron chi connectivity index (χ3n) is 12.2. The van der Waals surface area contributed by atoms with Gasteiger partial charge in [0.15, 0.2) is 33.5 Å². The summed E-state index contributed by atoms with van der Waals surface area (Å²) >= 11 is 14.6. The molecule has 2 saturated carbocycles. The zero-order valence-corrected chi connectivity index (χ0v) is 42.9. The van der Waals surface area contributed by atoms with Gasteiger partial charge in [-0.15, -0.1) is 22.7 Å². The molecule has 1 aliphatic heterocycles. The normalized spacial score (nSPS) is 16.7. The summed E-state index contributed by atoms with van der Waals surface area (Å²) in [6, 6.07) is 0. The predicted molar refractivity (Wildman–Crippen MR) is 268 cm³/mol. The Morgan fingerprint density at radius 2 is 1.25 bits per heavy atom. The van der Waals surface area contributed by atoms with Crippen LogP contribution >= 0.6 is 45.9 Å². The lowest BCUT2D eigenvalue weighted by molar-refractivity contribution is -0.154. The number of aromatic nitrogens is 6. The minimum Gasteiger partial charge on any atom is -0.420 e. The Balaban J connectivity index is 0.000000239. The average Bonchev–Trinajstić information content (AvgIpc) is 4.22. The highest BCUT2D eigenvalue weighted by Crippen LogP contribution is 2.33. The molecule has 0 radical (unpaired) electrons. The number of hydroxylamine groups is 2. The zero-order valence-electron chi connectivity index (χ0n) is 39.8. The summed E-state index contributed by atoms with van der Waals surface area (Å²) in [5, 5.41) is 16.6. The molecule has 4 aromatic heterocycles.